The molecule has 7 heteroatoms. The minimum atomic E-state index is -4.84. The van der Waals surface area contributed by atoms with Gasteiger partial charge in [-0.25, -0.2) is 0 Å². The molecule has 1 N–H and O–H groups in total. The van der Waals surface area contributed by atoms with Crippen molar-refractivity contribution in [2.45, 2.75) is 24.8 Å². The van der Waals surface area contributed by atoms with E-state index in [4.69, 9.17) is 0 Å². The van der Waals surface area contributed by atoms with Gasteiger partial charge in [0.25, 0.3) is 0 Å². The van der Waals surface area contributed by atoms with Gasteiger partial charge in [-0.1, -0.05) is 6.92 Å². The summed E-state index contributed by atoms with van der Waals surface area (Å²) < 4.78 is 45.8. The van der Waals surface area contributed by atoms with Gasteiger partial charge in [0, 0.05) is 28.9 Å². The van der Waals surface area contributed by atoms with Crippen LogP contribution in [0.25, 0.3) is 0 Å². The Balaban J connectivity index is 3.76. The molecule has 0 aromatic heterocycles. The highest BCUT2D eigenvalue weighted by atomic mass is 32.2. The van der Waals surface area contributed by atoms with Crippen LogP contribution < -0.4 is 5.32 Å². The molecule has 84 valence electrons. The zero-order valence-electron chi connectivity index (χ0n) is 7.85. The van der Waals surface area contributed by atoms with Gasteiger partial charge >= 0.3 is 12.1 Å². The summed E-state index contributed by atoms with van der Waals surface area (Å²) in [5, 5.41) is 1.49. The Kier molecular flexibility index (Phi) is 5.11. The second-order valence-electron chi connectivity index (χ2n) is 2.85. The molecule has 2 atom stereocenters. The lowest BCUT2D eigenvalue weighted by atomic mass is 10.3. The van der Waals surface area contributed by atoms with Crippen LogP contribution in [-0.2, 0) is 15.6 Å². The van der Waals surface area contributed by atoms with Crippen molar-refractivity contribution < 1.29 is 22.2 Å². The average Bonchev–Trinajstić information content (AvgIpc) is 2.01. The maximum Gasteiger partial charge on any atom is 0.471 e. The molecular weight excluding hydrogens is 219 g/mol. The summed E-state index contributed by atoms with van der Waals surface area (Å²) in [7, 11) is -1.08. The van der Waals surface area contributed by atoms with Gasteiger partial charge < -0.3 is 5.32 Å². The molecule has 0 bridgehead atoms. The number of hydrogen-bond acceptors (Lipinski definition) is 2. The van der Waals surface area contributed by atoms with Crippen LogP contribution in [0.4, 0.5) is 13.2 Å². The van der Waals surface area contributed by atoms with E-state index in [1.54, 1.807) is 12.2 Å². The predicted molar refractivity (Wildman–Crippen MR) is 47.2 cm³/mol. The third kappa shape index (κ3) is 5.21. The minimum absolute atomic E-state index is 0.112. The van der Waals surface area contributed by atoms with Crippen LogP contribution >= 0.6 is 0 Å². The van der Waals surface area contributed by atoms with Crippen LogP contribution in [0, 0.1) is 0 Å². The first kappa shape index (κ1) is 13.4. The van der Waals surface area contributed by atoms with Crippen LogP contribution in [0.1, 0.15) is 13.3 Å². The molecule has 14 heavy (non-hydrogen) atoms. The molecule has 0 fully saturated rings. The molecular formula is C7H12F3NO2S. The van der Waals surface area contributed by atoms with Crippen LogP contribution in [0.2, 0.25) is 0 Å². The smallest absolute Gasteiger partial charge is 0.348 e. The van der Waals surface area contributed by atoms with Crippen molar-refractivity contribution in [2.24, 2.45) is 0 Å². The third-order valence-electron chi connectivity index (χ3n) is 1.66. The average molecular weight is 231 g/mol. The summed E-state index contributed by atoms with van der Waals surface area (Å²) in [6.45, 7) is 1.54. The van der Waals surface area contributed by atoms with Gasteiger partial charge in [0.15, 0.2) is 0 Å². The van der Waals surface area contributed by atoms with Gasteiger partial charge in [0.2, 0.25) is 0 Å². The van der Waals surface area contributed by atoms with Gasteiger partial charge in [0.1, 0.15) is 0 Å². The molecule has 0 saturated heterocycles. The van der Waals surface area contributed by atoms with Gasteiger partial charge in [-0.15, -0.1) is 0 Å². The molecule has 0 aromatic rings. The lowest BCUT2D eigenvalue weighted by molar-refractivity contribution is -0.173. The number of hydrogen-bond donors (Lipinski definition) is 1. The van der Waals surface area contributed by atoms with E-state index in [1.807, 2.05) is 0 Å². The van der Waals surface area contributed by atoms with Gasteiger partial charge in [-0.3, -0.25) is 9.00 Å². The van der Waals surface area contributed by atoms with Gasteiger partial charge in [0.05, 0.1) is 0 Å². The van der Waals surface area contributed by atoms with Crippen molar-refractivity contribution in [3.63, 3.8) is 0 Å². The molecule has 0 saturated carbocycles. The van der Waals surface area contributed by atoms with Crippen molar-refractivity contribution in [3.05, 3.63) is 0 Å². The van der Waals surface area contributed by atoms with E-state index in [1.165, 1.54) is 6.26 Å². The SMILES string of the molecule is CC(CCNC(=O)C(F)(F)F)S(C)=O. The van der Waals surface area contributed by atoms with Crippen molar-refractivity contribution in [3.8, 4) is 0 Å². The molecule has 2 unspecified atom stereocenters. The van der Waals surface area contributed by atoms with Crippen molar-refractivity contribution in [1.29, 1.82) is 0 Å². The maximum absolute atomic E-state index is 11.7. The Morgan fingerprint density at radius 3 is 2.36 bits per heavy atom. The van der Waals surface area contributed by atoms with Crippen LogP contribution in [-0.4, -0.2) is 34.3 Å². The molecule has 3 nitrogen and oxygen atoms in total. The number of amides is 1. The summed E-state index contributed by atoms with van der Waals surface area (Å²) in [5.74, 6) is -1.95. The molecule has 0 aliphatic rings. The zero-order valence-corrected chi connectivity index (χ0v) is 8.67. The summed E-state index contributed by atoms with van der Waals surface area (Å²) in [6.07, 6.45) is -3.10. The van der Waals surface area contributed by atoms with Crippen LogP contribution in [0.3, 0.4) is 0 Å². The van der Waals surface area contributed by atoms with E-state index < -0.39 is 22.9 Å². The Labute approximate surface area is 82.5 Å². The lowest BCUT2D eigenvalue weighted by Gasteiger charge is -2.10. The van der Waals surface area contributed by atoms with E-state index in [0.29, 0.717) is 0 Å². The topological polar surface area (TPSA) is 46.2 Å². The minimum Gasteiger partial charge on any atom is -0.348 e. The Morgan fingerprint density at radius 2 is 2.00 bits per heavy atom. The standard InChI is InChI=1S/C7H12F3NO2S/c1-5(14(2)13)3-4-11-6(12)7(8,9)10/h5H,3-4H2,1-2H3,(H,11,12). The summed E-state index contributed by atoms with van der Waals surface area (Å²) >= 11 is 0. The number of carbonyl (C=O) groups excluding carboxylic acids is 1. The second-order valence-corrected chi connectivity index (χ2v) is 4.65. The highest BCUT2D eigenvalue weighted by molar-refractivity contribution is 7.84. The van der Waals surface area contributed by atoms with Crippen molar-refractivity contribution in [1.82, 2.24) is 5.32 Å². The second kappa shape index (κ2) is 5.33. The molecule has 0 heterocycles. The maximum atomic E-state index is 11.7. The predicted octanol–water partition coefficient (Wildman–Crippen LogP) is 0.822. The highest BCUT2D eigenvalue weighted by Crippen LogP contribution is 2.13. The number of carbonyl (C=O) groups is 1. The zero-order chi connectivity index (χ0) is 11.4. The van der Waals surface area contributed by atoms with Gasteiger partial charge in [-0.05, 0) is 6.42 Å². The van der Waals surface area contributed by atoms with Crippen LogP contribution in [0.5, 0.6) is 0 Å². The van der Waals surface area contributed by atoms with Crippen molar-refractivity contribution in [2.75, 3.05) is 12.8 Å². The highest BCUT2D eigenvalue weighted by Gasteiger charge is 2.38. The third-order valence-corrected chi connectivity index (χ3v) is 3.03. The van der Waals surface area contributed by atoms with E-state index >= 15 is 0 Å². The Bertz CT molecular complexity index is 229. The monoisotopic (exact) mass is 231 g/mol. The molecule has 0 aromatic carbocycles. The number of rotatable bonds is 4. The summed E-state index contributed by atoms with van der Waals surface area (Å²) in [4.78, 5) is 10.3. The number of nitrogens with one attached hydrogen (secondary N) is 1. The van der Waals surface area contributed by atoms with E-state index in [0.717, 1.165) is 0 Å². The Morgan fingerprint density at radius 1 is 1.50 bits per heavy atom. The largest absolute Gasteiger partial charge is 0.471 e. The fourth-order valence-corrected chi connectivity index (χ4v) is 1.10. The summed E-state index contributed by atoms with van der Waals surface area (Å²) in [6, 6.07) is 0. The number of alkyl halides is 3. The molecule has 0 radical (unpaired) electrons. The quantitative estimate of drug-likeness (QED) is 0.778. The van der Waals surface area contributed by atoms with Crippen molar-refractivity contribution >= 4 is 16.7 Å². The fourth-order valence-electron chi connectivity index (χ4n) is 0.655. The first-order chi connectivity index (χ1) is 6.25. The van der Waals surface area contributed by atoms with Crippen LogP contribution in [0.15, 0.2) is 0 Å². The molecule has 0 spiro atoms. The van der Waals surface area contributed by atoms with E-state index in [2.05, 4.69) is 0 Å². The molecule has 0 aliphatic carbocycles. The fraction of sp³-hybridized carbons (Fsp3) is 0.857. The van der Waals surface area contributed by atoms with E-state index in [9.17, 15) is 22.2 Å². The first-order valence-electron chi connectivity index (χ1n) is 3.92. The summed E-state index contributed by atoms with van der Waals surface area (Å²) in [5.41, 5.74) is 0. The molecule has 0 aliphatic heterocycles. The lowest BCUT2D eigenvalue weighted by Crippen LogP contribution is -2.38. The first-order valence-corrected chi connectivity index (χ1v) is 5.54. The van der Waals surface area contributed by atoms with E-state index in [-0.39, 0.29) is 18.2 Å². The molecule has 0 rings (SSSR count). The normalized spacial score (nSPS) is 16.1. The number of halogens is 3. The van der Waals surface area contributed by atoms with Gasteiger partial charge in [-0.2, -0.15) is 13.2 Å². The Hall–Kier alpha value is -0.590. The molecule has 1 amide bonds.